The molecular weight excluding hydrogens is 271 g/mol. The smallest absolute Gasteiger partial charge is 0.258 e. The predicted octanol–water partition coefficient (Wildman–Crippen LogP) is 1.98. The van der Waals surface area contributed by atoms with E-state index < -0.39 is 0 Å². The Morgan fingerprint density at radius 2 is 1.80 bits per heavy atom. The molecule has 108 valence electrons. The number of benzene rings is 1. The van der Waals surface area contributed by atoms with Crippen LogP contribution in [0.1, 0.15) is 5.56 Å². The van der Waals surface area contributed by atoms with Crippen molar-refractivity contribution in [1.82, 2.24) is 10.6 Å². The second kappa shape index (κ2) is 8.39. The highest BCUT2D eigenvalue weighted by Crippen LogP contribution is 2.11. The molecule has 1 amide bonds. The highest BCUT2D eigenvalue weighted by molar-refractivity contribution is 7.23. The van der Waals surface area contributed by atoms with Gasteiger partial charge in [0.1, 0.15) is 5.75 Å². The highest BCUT2D eigenvalue weighted by Gasteiger charge is 2.02. The van der Waals surface area contributed by atoms with Crippen LogP contribution in [0.4, 0.5) is 0 Å². The van der Waals surface area contributed by atoms with E-state index in [4.69, 9.17) is 4.74 Å². The molecule has 0 aromatic heterocycles. The summed E-state index contributed by atoms with van der Waals surface area (Å²) in [5.41, 5.74) is 1.91. The monoisotopic (exact) mass is 292 g/mol. The summed E-state index contributed by atoms with van der Waals surface area (Å²) in [6.07, 6.45) is 0. The Morgan fingerprint density at radius 3 is 2.40 bits per heavy atom. The van der Waals surface area contributed by atoms with Crippen LogP contribution in [-0.2, 0) is 4.79 Å². The van der Waals surface area contributed by atoms with E-state index in [0.717, 1.165) is 16.6 Å². The number of hydrogen-bond acceptors (Lipinski definition) is 3. The van der Waals surface area contributed by atoms with Crippen molar-refractivity contribution < 1.29 is 9.53 Å². The van der Waals surface area contributed by atoms with E-state index in [1.165, 1.54) is 0 Å². The van der Waals surface area contributed by atoms with Gasteiger partial charge in [-0.3, -0.25) is 4.79 Å². The summed E-state index contributed by atoms with van der Waals surface area (Å²) in [4.78, 5) is 11.6. The minimum Gasteiger partial charge on any atom is -0.484 e. The Kier molecular flexibility index (Phi) is 6.82. The van der Waals surface area contributed by atoms with Gasteiger partial charge in [-0.2, -0.15) is 0 Å². The molecule has 1 rings (SSSR count). The number of amides is 1. The van der Waals surface area contributed by atoms with Gasteiger partial charge in [0, 0.05) is 18.8 Å². The summed E-state index contributed by atoms with van der Waals surface area (Å²) in [5.74, 6) is 0.541. The van der Waals surface area contributed by atoms with Crippen molar-refractivity contribution in [2.24, 2.45) is 0 Å². The Bertz CT molecular complexity index is 483. The molecule has 0 bridgehead atoms. The fourth-order valence-corrected chi connectivity index (χ4v) is 1.47. The van der Waals surface area contributed by atoms with E-state index >= 15 is 0 Å². The zero-order chi connectivity index (χ0) is 15.0. The molecule has 5 heteroatoms. The van der Waals surface area contributed by atoms with E-state index in [1.807, 2.05) is 31.2 Å². The second-order valence-corrected chi connectivity index (χ2v) is 5.08. The minimum atomic E-state index is -0.150. The molecule has 0 aliphatic heterocycles. The molecule has 1 atom stereocenters. The lowest BCUT2D eigenvalue weighted by Gasteiger charge is -2.10. The number of ether oxygens (including phenoxy) is 1. The van der Waals surface area contributed by atoms with E-state index in [9.17, 15) is 4.79 Å². The normalized spacial score (nSPS) is 9.70. The third-order valence-corrected chi connectivity index (χ3v) is 2.91. The molecule has 0 saturated heterocycles. The maximum absolute atomic E-state index is 11.6. The first-order valence-electron chi connectivity index (χ1n) is 6.32. The Balaban J connectivity index is 2.16. The zero-order valence-electron chi connectivity index (χ0n) is 11.7. The predicted molar refractivity (Wildman–Crippen MR) is 85.7 cm³/mol. The van der Waals surface area contributed by atoms with Crippen molar-refractivity contribution >= 4 is 15.1 Å². The molecule has 0 radical (unpaired) electrons. The Labute approximate surface area is 122 Å². The summed E-state index contributed by atoms with van der Waals surface area (Å²) in [7, 11) is 2.47. The van der Waals surface area contributed by atoms with Gasteiger partial charge in [0.05, 0.1) is 0 Å². The molecule has 2 N–H and O–H groups in total. The molecule has 1 aromatic rings. The molecule has 0 aliphatic carbocycles. The summed E-state index contributed by atoms with van der Waals surface area (Å²) in [6.45, 7) is 10.6. The quantitative estimate of drug-likeness (QED) is 0.437. The average molecular weight is 292 g/mol. The van der Waals surface area contributed by atoms with Crippen LogP contribution >= 0.6 is 9.24 Å². The van der Waals surface area contributed by atoms with Crippen molar-refractivity contribution in [2.75, 3.05) is 19.7 Å². The molecule has 0 heterocycles. The third-order valence-electron chi connectivity index (χ3n) is 2.56. The van der Waals surface area contributed by atoms with Crippen LogP contribution in [-0.4, -0.2) is 25.6 Å². The van der Waals surface area contributed by atoms with Gasteiger partial charge in [0.2, 0.25) is 0 Å². The van der Waals surface area contributed by atoms with Crippen LogP contribution in [0.5, 0.6) is 5.75 Å². The van der Waals surface area contributed by atoms with Crippen molar-refractivity contribution in [1.29, 1.82) is 0 Å². The number of rotatable bonds is 8. The van der Waals surface area contributed by atoms with Crippen molar-refractivity contribution in [2.45, 2.75) is 6.92 Å². The molecule has 1 aromatic carbocycles. The van der Waals surface area contributed by atoms with Gasteiger partial charge < -0.3 is 15.4 Å². The van der Waals surface area contributed by atoms with Gasteiger partial charge in [-0.05, 0) is 24.4 Å². The molecule has 0 aliphatic rings. The SMILES string of the molecule is C=C(P)C(=C)NCCNC(=O)COc1ccc(C)cc1. The van der Waals surface area contributed by atoms with E-state index in [1.54, 1.807) is 0 Å². The van der Waals surface area contributed by atoms with E-state index in [2.05, 4.69) is 33.0 Å². The lowest BCUT2D eigenvalue weighted by molar-refractivity contribution is -0.123. The summed E-state index contributed by atoms with van der Waals surface area (Å²) in [6, 6.07) is 7.58. The fraction of sp³-hybridized carbons (Fsp3) is 0.267. The molecular formula is C15H21N2O2P. The summed E-state index contributed by atoms with van der Waals surface area (Å²) >= 11 is 0. The van der Waals surface area contributed by atoms with Crippen LogP contribution in [0.2, 0.25) is 0 Å². The standard InChI is InChI=1S/C15H21N2O2P/c1-11-4-6-14(7-5-11)19-10-15(18)17-9-8-16-12(2)13(3)20/h4-7,16H,2-3,8-10,20H2,1H3,(H,17,18). The lowest BCUT2D eigenvalue weighted by Crippen LogP contribution is -2.34. The van der Waals surface area contributed by atoms with E-state index in [-0.39, 0.29) is 12.5 Å². The molecule has 0 fully saturated rings. The number of carbonyl (C=O) groups is 1. The number of aryl methyl sites for hydroxylation is 1. The van der Waals surface area contributed by atoms with Crippen molar-refractivity contribution in [3.05, 3.63) is 54.0 Å². The van der Waals surface area contributed by atoms with Crippen LogP contribution in [0.15, 0.2) is 48.4 Å². The summed E-state index contributed by atoms with van der Waals surface area (Å²) < 4.78 is 5.37. The van der Waals surface area contributed by atoms with Crippen LogP contribution < -0.4 is 15.4 Å². The van der Waals surface area contributed by atoms with Crippen LogP contribution in [0, 0.1) is 6.92 Å². The van der Waals surface area contributed by atoms with Crippen LogP contribution in [0.25, 0.3) is 0 Å². The second-order valence-electron chi connectivity index (χ2n) is 4.38. The minimum absolute atomic E-state index is 0.0142. The molecule has 0 saturated carbocycles. The maximum atomic E-state index is 11.6. The molecule has 1 unspecified atom stereocenters. The van der Waals surface area contributed by atoms with Crippen molar-refractivity contribution in [3.8, 4) is 5.75 Å². The summed E-state index contributed by atoms with van der Waals surface area (Å²) in [5, 5.41) is 6.61. The number of hydrogen-bond donors (Lipinski definition) is 2. The van der Waals surface area contributed by atoms with Crippen LogP contribution in [0.3, 0.4) is 0 Å². The maximum Gasteiger partial charge on any atom is 0.258 e. The first kappa shape index (κ1) is 16.3. The first-order valence-corrected chi connectivity index (χ1v) is 6.90. The van der Waals surface area contributed by atoms with Gasteiger partial charge in [0.25, 0.3) is 5.91 Å². The van der Waals surface area contributed by atoms with Gasteiger partial charge in [-0.1, -0.05) is 30.9 Å². The number of nitrogens with one attached hydrogen (secondary N) is 2. The zero-order valence-corrected chi connectivity index (χ0v) is 12.9. The topological polar surface area (TPSA) is 50.4 Å². The molecule has 0 spiro atoms. The first-order chi connectivity index (χ1) is 9.49. The molecule has 20 heavy (non-hydrogen) atoms. The average Bonchev–Trinajstić information content (AvgIpc) is 2.42. The number of carbonyl (C=O) groups excluding carboxylic acids is 1. The van der Waals surface area contributed by atoms with E-state index in [0.29, 0.717) is 18.8 Å². The molecule has 4 nitrogen and oxygen atoms in total. The van der Waals surface area contributed by atoms with Gasteiger partial charge in [-0.25, -0.2) is 0 Å². The number of allylic oxidation sites excluding steroid dienone is 1. The third kappa shape index (κ3) is 6.39. The van der Waals surface area contributed by atoms with Gasteiger partial charge in [0.15, 0.2) is 6.61 Å². The van der Waals surface area contributed by atoms with Gasteiger partial charge in [-0.15, -0.1) is 9.24 Å². The lowest BCUT2D eigenvalue weighted by atomic mass is 10.2. The Hall–Kier alpha value is -1.80. The van der Waals surface area contributed by atoms with Crippen molar-refractivity contribution in [3.63, 3.8) is 0 Å². The van der Waals surface area contributed by atoms with Gasteiger partial charge >= 0.3 is 0 Å². The largest absolute Gasteiger partial charge is 0.484 e. The highest BCUT2D eigenvalue weighted by atomic mass is 31.0. The Morgan fingerprint density at radius 1 is 1.20 bits per heavy atom. The fourth-order valence-electron chi connectivity index (χ4n) is 1.36.